The average molecular weight is 249 g/mol. The first kappa shape index (κ1) is 13.4. The van der Waals surface area contributed by atoms with E-state index in [9.17, 15) is 13.2 Å². The van der Waals surface area contributed by atoms with Gasteiger partial charge in [0.15, 0.2) is 9.84 Å². The van der Waals surface area contributed by atoms with Crippen LogP contribution in [0, 0.1) is 0 Å². The number of amides is 1. The van der Waals surface area contributed by atoms with E-state index in [1.807, 2.05) is 13.8 Å². The van der Waals surface area contributed by atoms with Gasteiger partial charge in [-0.3, -0.25) is 4.79 Å². The summed E-state index contributed by atoms with van der Waals surface area (Å²) in [4.78, 5) is 11.4. The van der Waals surface area contributed by atoms with Gasteiger partial charge in [-0.1, -0.05) is 0 Å². The molecule has 1 fully saturated rings. The van der Waals surface area contributed by atoms with E-state index >= 15 is 0 Å². The fourth-order valence-electron chi connectivity index (χ4n) is 1.65. The average Bonchev–Trinajstić information content (AvgIpc) is 2.13. The van der Waals surface area contributed by atoms with Crippen LogP contribution in [0.2, 0.25) is 0 Å². The van der Waals surface area contributed by atoms with Crippen LogP contribution in [-0.4, -0.2) is 44.6 Å². The summed E-state index contributed by atoms with van der Waals surface area (Å²) in [6, 6.07) is -0.248. The summed E-state index contributed by atoms with van der Waals surface area (Å²) in [7, 11) is -2.96. The van der Waals surface area contributed by atoms with Crippen molar-refractivity contribution < 1.29 is 17.9 Å². The van der Waals surface area contributed by atoms with Crippen molar-refractivity contribution in [3.8, 4) is 0 Å². The van der Waals surface area contributed by atoms with Crippen LogP contribution in [0.1, 0.15) is 26.7 Å². The molecular weight excluding hydrogens is 230 g/mol. The summed E-state index contributed by atoms with van der Waals surface area (Å²) in [5, 5.41) is 2.69. The number of rotatable bonds is 4. The molecule has 0 aromatic rings. The molecule has 6 heteroatoms. The predicted octanol–water partition coefficient (Wildman–Crippen LogP) is 0.105. The number of nitrogens with one attached hydrogen (secondary N) is 1. The zero-order valence-corrected chi connectivity index (χ0v) is 10.5. The first-order valence-corrected chi connectivity index (χ1v) is 7.32. The third-order valence-electron chi connectivity index (χ3n) is 2.38. The van der Waals surface area contributed by atoms with Gasteiger partial charge in [-0.2, -0.15) is 0 Å². The van der Waals surface area contributed by atoms with E-state index in [1.165, 1.54) is 0 Å². The minimum atomic E-state index is -2.96. The molecule has 1 heterocycles. The van der Waals surface area contributed by atoms with Gasteiger partial charge in [0, 0.05) is 6.04 Å². The lowest BCUT2D eigenvalue weighted by atomic mass is 10.2. The van der Waals surface area contributed by atoms with Gasteiger partial charge in [0.25, 0.3) is 0 Å². The Morgan fingerprint density at radius 2 is 2.19 bits per heavy atom. The van der Waals surface area contributed by atoms with Crippen molar-refractivity contribution in [2.24, 2.45) is 0 Å². The predicted molar refractivity (Wildman–Crippen MR) is 60.9 cm³/mol. The molecule has 1 aliphatic heterocycles. The van der Waals surface area contributed by atoms with Crippen molar-refractivity contribution in [1.29, 1.82) is 0 Å². The molecule has 1 unspecified atom stereocenters. The number of ether oxygens (including phenoxy) is 1. The lowest BCUT2D eigenvalue weighted by Crippen LogP contribution is -2.44. The van der Waals surface area contributed by atoms with Crippen LogP contribution in [0.4, 0.5) is 0 Å². The maximum absolute atomic E-state index is 11.4. The molecule has 0 aromatic heterocycles. The molecule has 0 aliphatic carbocycles. The number of carbonyl (C=O) groups excluding carboxylic acids is 1. The summed E-state index contributed by atoms with van der Waals surface area (Å²) in [6.07, 6.45) is 1.35. The Morgan fingerprint density at radius 1 is 1.50 bits per heavy atom. The molecule has 1 amide bonds. The summed E-state index contributed by atoms with van der Waals surface area (Å²) in [5.41, 5.74) is 0. The van der Waals surface area contributed by atoms with E-state index in [2.05, 4.69) is 5.32 Å². The molecule has 1 N–H and O–H groups in total. The summed E-state index contributed by atoms with van der Waals surface area (Å²) >= 11 is 0. The maximum Gasteiger partial charge on any atom is 0.246 e. The minimum absolute atomic E-state index is 0.000776. The minimum Gasteiger partial charge on any atom is -0.369 e. The van der Waals surface area contributed by atoms with E-state index in [-0.39, 0.29) is 36.2 Å². The van der Waals surface area contributed by atoms with Crippen LogP contribution in [0.3, 0.4) is 0 Å². The Morgan fingerprint density at radius 3 is 2.75 bits per heavy atom. The normalized spacial score (nSPS) is 24.3. The zero-order valence-electron chi connectivity index (χ0n) is 9.73. The topological polar surface area (TPSA) is 72.5 Å². The first-order chi connectivity index (χ1) is 7.39. The fraction of sp³-hybridized carbons (Fsp3) is 0.900. The highest BCUT2D eigenvalue weighted by atomic mass is 32.2. The molecular formula is C10H19NO4S. The summed E-state index contributed by atoms with van der Waals surface area (Å²) in [6.45, 7) is 3.69. The Labute approximate surface area is 96.5 Å². The smallest absolute Gasteiger partial charge is 0.246 e. The second kappa shape index (κ2) is 5.63. The molecule has 5 nitrogen and oxygen atoms in total. The summed E-state index contributed by atoms with van der Waals surface area (Å²) in [5.74, 6) is 0.0539. The summed E-state index contributed by atoms with van der Waals surface area (Å²) < 4.78 is 27.8. The zero-order chi connectivity index (χ0) is 12.2. The molecule has 0 bridgehead atoms. The highest BCUT2D eigenvalue weighted by Crippen LogP contribution is 2.11. The Hall–Kier alpha value is -0.620. The number of hydrogen-bond donors (Lipinski definition) is 1. The van der Waals surface area contributed by atoms with Crippen molar-refractivity contribution in [3.05, 3.63) is 0 Å². The van der Waals surface area contributed by atoms with Gasteiger partial charge in [-0.05, 0) is 26.7 Å². The molecule has 94 valence electrons. The van der Waals surface area contributed by atoms with Gasteiger partial charge in [0.05, 0.1) is 17.6 Å². The van der Waals surface area contributed by atoms with Crippen molar-refractivity contribution in [2.45, 2.75) is 38.8 Å². The SMILES string of the molecule is CC(C)OCC(=O)NC1CCCS(=O)(=O)C1. The van der Waals surface area contributed by atoms with Gasteiger partial charge in [0.1, 0.15) is 6.61 Å². The number of sulfone groups is 1. The third kappa shape index (κ3) is 4.94. The van der Waals surface area contributed by atoms with Gasteiger partial charge in [0.2, 0.25) is 5.91 Å². The molecule has 1 aliphatic rings. The van der Waals surface area contributed by atoms with Crippen LogP contribution in [0.15, 0.2) is 0 Å². The highest BCUT2D eigenvalue weighted by Gasteiger charge is 2.25. The molecule has 0 saturated carbocycles. The van der Waals surface area contributed by atoms with Gasteiger partial charge in [-0.15, -0.1) is 0 Å². The van der Waals surface area contributed by atoms with E-state index in [4.69, 9.17) is 4.74 Å². The van der Waals surface area contributed by atoms with Gasteiger partial charge >= 0.3 is 0 Å². The van der Waals surface area contributed by atoms with Crippen LogP contribution in [0.25, 0.3) is 0 Å². The molecule has 0 radical (unpaired) electrons. The van der Waals surface area contributed by atoms with Gasteiger partial charge < -0.3 is 10.1 Å². The second-order valence-corrected chi connectivity index (χ2v) is 6.61. The number of hydrogen-bond acceptors (Lipinski definition) is 4. The lowest BCUT2D eigenvalue weighted by Gasteiger charge is -2.23. The maximum atomic E-state index is 11.4. The quantitative estimate of drug-likeness (QED) is 0.767. The van der Waals surface area contributed by atoms with Crippen molar-refractivity contribution in [2.75, 3.05) is 18.1 Å². The van der Waals surface area contributed by atoms with E-state index in [0.717, 1.165) is 6.42 Å². The molecule has 1 atom stereocenters. The van der Waals surface area contributed by atoms with E-state index < -0.39 is 9.84 Å². The molecule has 0 spiro atoms. The Bertz CT molecular complexity index is 337. The second-order valence-electron chi connectivity index (χ2n) is 4.38. The largest absolute Gasteiger partial charge is 0.369 e. The van der Waals surface area contributed by atoms with Crippen molar-refractivity contribution >= 4 is 15.7 Å². The molecule has 1 rings (SSSR count). The Kier molecular flexibility index (Phi) is 4.73. The lowest BCUT2D eigenvalue weighted by molar-refractivity contribution is -0.127. The Balaban J connectivity index is 2.34. The van der Waals surface area contributed by atoms with Crippen LogP contribution < -0.4 is 5.32 Å². The highest BCUT2D eigenvalue weighted by molar-refractivity contribution is 7.91. The molecule has 1 saturated heterocycles. The van der Waals surface area contributed by atoms with E-state index in [0.29, 0.717) is 6.42 Å². The first-order valence-electron chi connectivity index (χ1n) is 5.50. The van der Waals surface area contributed by atoms with Crippen molar-refractivity contribution in [3.63, 3.8) is 0 Å². The molecule has 0 aromatic carbocycles. The van der Waals surface area contributed by atoms with E-state index in [1.54, 1.807) is 0 Å². The van der Waals surface area contributed by atoms with Crippen LogP contribution in [-0.2, 0) is 19.4 Å². The fourth-order valence-corrected chi connectivity index (χ4v) is 3.28. The molecule has 16 heavy (non-hydrogen) atoms. The van der Waals surface area contributed by atoms with Crippen LogP contribution in [0.5, 0.6) is 0 Å². The number of carbonyl (C=O) groups is 1. The standard InChI is InChI=1S/C10H19NO4S/c1-8(2)15-6-10(12)11-9-4-3-5-16(13,14)7-9/h8-9H,3-7H2,1-2H3,(H,11,12). The monoisotopic (exact) mass is 249 g/mol. The van der Waals surface area contributed by atoms with Crippen molar-refractivity contribution in [1.82, 2.24) is 5.32 Å². The third-order valence-corrected chi connectivity index (χ3v) is 4.20. The van der Waals surface area contributed by atoms with Gasteiger partial charge in [-0.25, -0.2) is 8.42 Å². The van der Waals surface area contributed by atoms with Crippen LogP contribution >= 0.6 is 0 Å².